The van der Waals surface area contributed by atoms with Crippen molar-refractivity contribution in [2.75, 3.05) is 13.7 Å². The molecule has 1 heterocycles. The lowest BCUT2D eigenvalue weighted by Crippen LogP contribution is -2.38. The van der Waals surface area contributed by atoms with Gasteiger partial charge in [0.15, 0.2) is 0 Å². The highest BCUT2D eigenvalue weighted by Gasteiger charge is 2.38. The van der Waals surface area contributed by atoms with Gasteiger partial charge in [0.1, 0.15) is 11.6 Å². The van der Waals surface area contributed by atoms with Gasteiger partial charge in [-0.2, -0.15) is 0 Å². The third kappa shape index (κ3) is 2.51. The van der Waals surface area contributed by atoms with Crippen LogP contribution < -0.4 is 10.1 Å². The fourth-order valence-corrected chi connectivity index (χ4v) is 3.07. The predicted molar refractivity (Wildman–Crippen MR) is 71.3 cm³/mol. The molecule has 1 N–H and O–H groups in total. The normalized spacial score (nSPS) is 23.6. The Labute approximate surface area is 109 Å². The van der Waals surface area contributed by atoms with Crippen LogP contribution in [0.1, 0.15) is 38.7 Å². The second kappa shape index (κ2) is 5.27. The molecule has 3 heteroatoms. The van der Waals surface area contributed by atoms with Crippen molar-refractivity contribution < 1.29 is 9.13 Å². The Morgan fingerprint density at radius 2 is 2.22 bits per heavy atom. The number of hydrogen-bond acceptors (Lipinski definition) is 2. The summed E-state index contributed by atoms with van der Waals surface area (Å²) in [7, 11) is 1.65. The summed E-state index contributed by atoms with van der Waals surface area (Å²) < 4.78 is 19.0. The zero-order valence-corrected chi connectivity index (χ0v) is 11.4. The Bertz CT molecular complexity index is 411. The van der Waals surface area contributed by atoms with Crippen molar-refractivity contribution in [3.8, 4) is 5.75 Å². The number of ether oxygens (including phenoxy) is 1. The molecule has 1 fully saturated rings. The van der Waals surface area contributed by atoms with Crippen molar-refractivity contribution in [1.82, 2.24) is 5.32 Å². The van der Waals surface area contributed by atoms with Gasteiger partial charge >= 0.3 is 0 Å². The quantitative estimate of drug-likeness (QED) is 0.885. The molecule has 0 aromatic heterocycles. The number of rotatable bonds is 4. The minimum Gasteiger partial charge on any atom is -0.496 e. The number of hydrogen-bond donors (Lipinski definition) is 1. The molecular weight excluding hydrogens is 229 g/mol. The largest absolute Gasteiger partial charge is 0.496 e. The molecule has 0 spiro atoms. The van der Waals surface area contributed by atoms with Gasteiger partial charge in [-0.25, -0.2) is 4.39 Å². The van der Waals surface area contributed by atoms with Gasteiger partial charge in [0.05, 0.1) is 7.11 Å². The van der Waals surface area contributed by atoms with E-state index in [2.05, 4.69) is 19.2 Å². The minimum absolute atomic E-state index is 0.123. The predicted octanol–water partition coefficient (Wildman–Crippen LogP) is 3.46. The van der Waals surface area contributed by atoms with E-state index < -0.39 is 0 Å². The highest BCUT2D eigenvalue weighted by molar-refractivity contribution is 5.40. The van der Waals surface area contributed by atoms with E-state index in [4.69, 9.17) is 4.74 Å². The second-order valence-electron chi connectivity index (χ2n) is 5.56. The van der Waals surface area contributed by atoms with Crippen molar-refractivity contribution in [1.29, 1.82) is 0 Å². The monoisotopic (exact) mass is 251 g/mol. The molecule has 1 saturated heterocycles. The van der Waals surface area contributed by atoms with Crippen LogP contribution in [0.3, 0.4) is 0 Å². The standard InChI is InChI=1S/C15H22FNO/c1-11(2)10-15(7-4-8-17-15)13-9-12(16)5-6-14(13)18-3/h5-6,9,11,17H,4,7-8,10H2,1-3H3. The maximum atomic E-state index is 13.6. The number of halogens is 1. The molecule has 100 valence electrons. The maximum absolute atomic E-state index is 13.6. The minimum atomic E-state index is -0.192. The Morgan fingerprint density at radius 3 is 2.78 bits per heavy atom. The van der Waals surface area contributed by atoms with E-state index in [1.807, 2.05) is 0 Å². The van der Waals surface area contributed by atoms with Gasteiger partial charge in [-0.3, -0.25) is 0 Å². The molecule has 0 aliphatic carbocycles. The lowest BCUT2D eigenvalue weighted by Gasteiger charge is -2.33. The van der Waals surface area contributed by atoms with Crippen LogP contribution in [0.5, 0.6) is 5.75 Å². The van der Waals surface area contributed by atoms with Crippen LogP contribution in [0.25, 0.3) is 0 Å². The number of nitrogens with one attached hydrogen (secondary N) is 1. The first-order valence-corrected chi connectivity index (χ1v) is 6.66. The van der Waals surface area contributed by atoms with E-state index >= 15 is 0 Å². The summed E-state index contributed by atoms with van der Waals surface area (Å²) in [5.41, 5.74) is 0.845. The van der Waals surface area contributed by atoms with Crippen LogP contribution in [-0.4, -0.2) is 13.7 Å². The summed E-state index contributed by atoms with van der Waals surface area (Å²) in [6.07, 6.45) is 3.18. The van der Waals surface area contributed by atoms with Gasteiger partial charge in [-0.1, -0.05) is 13.8 Å². The zero-order chi connectivity index (χ0) is 13.2. The van der Waals surface area contributed by atoms with E-state index in [-0.39, 0.29) is 11.4 Å². The van der Waals surface area contributed by atoms with Crippen LogP contribution in [-0.2, 0) is 5.54 Å². The lowest BCUT2D eigenvalue weighted by molar-refractivity contribution is 0.294. The molecule has 1 aliphatic rings. The third-order valence-electron chi connectivity index (χ3n) is 3.68. The molecule has 2 rings (SSSR count). The van der Waals surface area contributed by atoms with Crippen molar-refractivity contribution in [3.63, 3.8) is 0 Å². The Balaban J connectivity index is 2.44. The smallest absolute Gasteiger partial charge is 0.124 e. The Hall–Kier alpha value is -1.09. The topological polar surface area (TPSA) is 21.3 Å². The second-order valence-corrected chi connectivity index (χ2v) is 5.56. The molecule has 0 radical (unpaired) electrons. The van der Waals surface area contributed by atoms with Crippen molar-refractivity contribution in [3.05, 3.63) is 29.6 Å². The van der Waals surface area contributed by atoms with E-state index in [1.54, 1.807) is 19.2 Å². The highest BCUT2D eigenvalue weighted by atomic mass is 19.1. The molecule has 0 bridgehead atoms. The molecule has 2 nitrogen and oxygen atoms in total. The zero-order valence-electron chi connectivity index (χ0n) is 11.4. The van der Waals surface area contributed by atoms with E-state index in [0.717, 1.165) is 37.1 Å². The summed E-state index contributed by atoms with van der Waals surface area (Å²) in [5, 5.41) is 3.57. The van der Waals surface area contributed by atoms with Gasteiger partial charge in [0, 0.05) is 11.1 Å². The first-order valence-electron chi connectivity index (χ1n) is 6.66. The third-order valence-corrected chi connectivity index (χ3v) is 3.68. The summed E-state index contributed by atoms with van der Waals surface area (Å²) in [4.78, 5) is 0. The number of methoxy groups -OCH3 is 1. The molecule has 0 amide bonds. The van der Waals surface area contributed by atoms with Crippen LogP contribution in [0.15, 0.2) is 18.2 Å². The van der Waals surface area contributed by atoms with E-state index in [1.165, 1.54) is 6.07 Å². The molecule has 1 aliphatic heterocycles. The van der Waals surface area contributed by atoms with E-state index in [9.17, 15) is 4.39 Å². The summed E-state index contributed by atoms with van der Waals surface area (Å²) in [6, 6.07) is 4.81. The fourth-order valence-electron chi connectivity index (χ4n) is 3.07. The first kappa shape index (κ1) is 13.3. The average molecular weight is 251 g/mol. The molecule has 18 heavy (non-hydrogen) atoms. The van der Waals surface area contributed by atoms with Gasteiger partial charge in [0.25, 0.3) is 0 Å². The van der Waals surface area contributed by atoms with Crippen molar-refractivity contribution in [2.45, 2.75) is 38.6 Å². The van der Waals surface area contributed by atoms with E-state index in [0.29, 0.717) is 5.92 Å². The van der Waals surface area contributed by atoms with Gasteiger partial charge in [-0.15, -0.1) is 0 Å². The molecule has 1 unspecified atom stereocenters. The lowest BCUT2D eigenvalue weighted by atomic mass is 9.80. The van der Waals surface area contributed by atoms with Gasteiger partial charge in [0.2, 0.25) is 0 Å². The molecular formula is C15H22FNO. The Morgan fingerprint density at radius 1 is 1.44 bits per heavy atom. The highest BCUT2D eigenvalue weighted by Crippen LogP contribution is 2.41. The van der Waals surface area contributed by atoms with Crippen LogP contribution in [0.4, 0.5) is 4.39 Å². The first-order chi connectivity index (χ1) is 8.57. The van der Waals surface area contributed by atoms with Gasteiger partial charge in [-0.05, 0) is 49.9 Å². The maximum Gasteiger partial charge on any atom is 0.124 e. The summed E-state index contributed by atoms with van der Waals surface area (Å²) in [5.74, 6) is 1.15. The molecule has 1 aromatic rings. The average Bonchev–Trinajstić information content (AvgIpc) is 2.77. The van der Waals surface area contributed by atoms with Crippen LogP contribution >= 0.6 is 0 Å². The van der Waals surface area contributed by atoms with Gasteiger partial charge < -0.3 is 10.1 Å². The van der Waals surface area contributed by atoms with Crippen LogP contribution in [0.2, 0.25) is 0 Å². The Kier molecular flexibility index (Phi) is 3.91. The molecule has 1 atom stereocenters. The fraction of sp³-hybridized carbons (Fsp3) is 0.600. The van der Waals surface area contributed by atoms with Crippen molar-refractivity contribution in [2.24, 2.45) is 5.92 Å². The summed E-state index contributed by atoms with van der Waals surface area (Å²) in [6.45, 7) is 5.40. The van der Waals surface area contributed by atoms with Crippen molar-refractivity contribution >= 4 is 0 Å². The SMILES string of the molecule is COc1ccc(F)cc1C1(CC(C)C)CCCN1. The number of benzene rings is 1. The molecule has 1 aromatic carbocycles. The summed E-state index contributed by atoms with van der Waals surface area (Å²) >= 11 is 0. The van der Waals surface area contributed by atoms with Crippen LogP contribution in [0, 0.1) is 11.7 Å². The molecule has 0 saturated carbocycles.